The monoisotopic (exact) mass is 494 g/mol. The number of likely N-dealkylation sites (tertiary alicyclic amines) is 1. The second-order valence-electron chi connectivity index (χ2n) is 8.90. The molecule has 10 nitrogen and oxygen atoms in total. The molecule has 192 valence electrons. The molecule has 2 aromatic rings. The molecule has 0 radical (unpaired) electrons. The highest BCUT2D eigenvalue weighted by Crippen LogP contribution is 2.32. The molecule has 0 unspecified atom stereocenters. The molecule has 2 saturated heterocycles. The van der Waals surface area contributed by atoms with Gasteiger partial charge >= 0.3 is 6.01 Å². The highest BCUT2D eigenvalue weighted by Gasteiger charge is 2.28. The van der Waals surface area contributed by atoms with Crippen molar-refractivity contribution < 1.29 is 19.1 Å². The Morgan fingerprint density at radius 2 is 1.75 bits per heavy atom. The van der Waals surface area contributed by atoms with Gasteiger partial charge in [0.15, 0.2) is 0 Å². The van der Waals surface area contributed by atoms with Gasteiger partial charge in [-0.3, -0.25) is 9.59 Å². The van der Waals surface area contributed by atoms with Crippen molar-refractivity contribution in [2.24, 2.45) is 0 Å². The number of carbonyl (C=O) groups excluding carboxylic acids is 2. The summed E-state index contributed by atoms with van der Waals surface area (Å²) in [4.78, 5) is 41.6. The lowest BCUT2D eigenvalue weighted by Crippen LogP contribution is -2.48. The first-order valence-electron chi connectivity index (χ1n) is 12.3. The lowest BCUT2D eigenvalue weighted by molar-refractivity contribution is -0.126. The lowest BCUT2D eigenvalue weighted by Gasteiger charge is -2.35. The van der Waals surface area contributed by atoms with Crippen molar-refractivity contribution in [3.63, 3.8) is 0 Å². The molecular formula is C26H34N6O4. The summed E-state index contributed by atoms with van der Waals surface area (Å²) < 4.78 is 10.9. The highest BCUT2D eigenvalue weighted by atomic mass is 16.5. The van der Waals surface area contributed by atoms with Crippen LogP contribution in [-0.4, -0.2) is 98.2 Å². The van der Waals surface area contributed by atoms with E-state index >= 15 is 0 Å². The molecule has 3 aliphatic rings. The van der Waals surface area contributed by atoms with E-state index in [0.717, 1.165) is 0 Å². The predicted molar refractivity (Wildman–Crippen MR) is 138 cm³/mol. The third-order valence-electron chi connectivity index (χ3n) is 6.49. The maximum Gasteiger partial charge on any atom is 0.318 e. The van der Waals surface area contributed by atoms with Crippen molar-refractivity contribution in [2.45, 2.75) is 12.8 Å². The summed E-state index contributed by atoms with van der Waals surface area (Å²) in [6, 6.07) is 9.22. The van der Waals surface area contributed by atoms with Crippen LogP contribution in [0.25, 0.3) is 0 Å². The number of hydrogen-bond donors (Lipinski definition) is 0. The van der Waals surface area contributed by atoms with Crippen molar-refractivity contribution in [1.29, 1.82) is 0 Å². The van der Waals surface area contributed by atoms with Gasteiger partial charge in [0.25, 0.3) is 5.91 Å². The van der Waals surface area contributed by atoms with Gasteiger partial charge in [-0.1, -0.05) is 18.7 Å². The number of nitrogens with zero attached hydrogens (tertiary/aromatic N) is 6. The van der Waals surface area contributed by atoms with E-state index in [4.69, 9.17) is 9.47 Å². The quantitative estimate of drug-likeness (QED) is 0.597. The first kappa shape index (κ1) is 25.4. The SMILES string of the molecule is C=CC(=O)N1CCN(c2cc(C(=O)N3CCOc4ccccc43)nc(OC)n2)CC1.CN1CCCC1. The molecule has 3 aliphatic heterocycles. The number of hydrogen-bond acceptors (Lipinski definition) is 8. The van der Waals surface area contributed by atoms with Crippen LogP contribution in [0.15, 0.2) is 43.0 Å². The molecule has 0 aliphatic carbocycles. The molecule has 1 aromatic heterocycles. The summed E-state index contributed by atoms with van der Waals surface area (Å²) in [6.45, 7) is 9.31. The number of methoxy groups -OCH3 is 1. The van der Waals surface area contributed by atoms with Crippen LogP contribution >= 0.6 is 0 Å². The van der Waals surface area contributed by atoms with E-state index in [2.05, 4.69) is 28.5 Å². The van der Waals surface area contributed by atoms with E-state index in [0.29, 0.717) is 56.6 Å². The molecule has 0 spiro atoms. The number of rotatable bonds is 4. The van der Waals surface area contributed by atoms with Gasteiger partial charge in [-0.25, -0.2) is 0 Å². The summed E-state index contributed by atoms with van der Waals surface area (Å²) in [7, 11) is 3.64. The molecule has 2 fully saturated rings. The highest BCUT2D eigenvalue weighted by molar-refractivity contribution is 6.06. The molecule has 0 saturated carbocycles. The van der Waals surface area contributed by atoms with Crippen LogP contribution in [0.2, 0.25) is 0 Å². The van der Waals surface area contributed by atoms with Gasteiger partial charge in [0.2, 0.25) is 5.91 Å². The van der Waals surface area contributed by atoms with E-state index in [1.165, 1.54) is 39.1 Å². The number of benzene rings is 1. The molecule has 0 bridgehead atoms. The summed E-state index contributed by atoms with van der Waals surface area (Å²) in [6.07, 6.45) is 4.15. The number of aromatic nitrogens is 2. The molecule has 4 heterocycles. The van der Waals surface area contributed by atoms with Crippen LogP contribution in [0.5, 0.6) is 11.8 Å². The maximum absolute atomic E-state index is 13.3. The summed E-state index contributed by atoms with van der Waals surface area (Å²) >= 11 is 0. The normalized spacial score (nSPS) is 17.4. The van der Waals surface area contributed by atoms with E-state index in [-0.39, 0.29) is 23.5 Å². The van der Waals surface area contributed by atoms with Crippen LogP contribution in [0.3, 0.4) is 0 Å². The Kier molecular flexibility index (Phi) is 8.37. The summed E-state index contributed by atoms with van der Waals surface area (Å²) in [5.41, 5.74) is 0.961. The van der Waals surface area contributed by atoms with Crippen LogP contribution < -0.4 is 19.3 Å². The molecule has 10 heteroatoms. The minimum atomic E-state index is -0.242. The van der Waals surface area contributed by atoms with Gasteiger partial charge in [-0.05, 0) is 51.2 Å². The van der Waals surface area contributed by atoms with Gasteiger partial charge in [0.1, 0.15) is 23.9 Å². The van der Waals surface area contributed by atoms with Crippen molar-refractivity contribution >= 4 is 23.3 Å². The molecule has 1 aromatic carbocycles. The lowest BCUT2D eigenvalue weighted by atomic mass is 10.2. The fourth-order valence-corrected chi connectivity index (χ4v) is 4.45. The average molecular weight is 495 g/mol. The van der Waals surface area contributed by atoms with Gasteiger partial charge in [-0.15, -0.1) is 0 Å². The van der Waals surface area contributed by atoms with Crippen LogP contribution in [0, 0.1) is 0 Å². The molecule has 5 rings (SSSR count). The third kappa shape index (κ3) is 5.93. The number of ether oxygens (including phenoxy) is 2. The van der Waals surface area contributed by atoms with Gasteiger partial charge < -0.3 is 29.1 Å². The zero-order valence-electron chi connectivity index (χ0n) is 21.1. The van der Waals surface area contributed by atoms with E-state index in [1.807, 2.05) is 29.2 Å². The molecule has 0 N–H and O–H groups in total. The Bertz CT molecular complexity index is 1080. The largest absolute Gasteiger partial charge is 0.490 e. The Hall–Kier alpha value is -3.66. The minimum absolute atomic E-state index is 0.0863. The first-order valence-corrected chi connectivity index (χ1v) is 12.3. The topological polar surface area (TPSA) is 91.3 Å². The zero-order valence-corrected chi connectivity index (χ0v) is 21.1. The Morgan fingerprint density at radius 1 is 1.03 bits per heavy atom. The minimum Gasteiger partial charge on any atom is -0.490 e. The fourth-order valence-electron chi connectivity index (χ4n) is 4.45. The second-order valence-corrected chi connectivity index (χ2v) is 8.90. The van der Waals surface area contributed by atoms with Crippen molar-refractivity contribution in [1.82, 2.24) is 19.8 Å². The maximum atomic E-state index is 13.3. The van der Waals surface area contributed by atoms with Crippen LogP contribution in [-0.2, 0) is 4.79 Å². The van der Waals surface area contributed by atoms with Crippen LogP contribution in [0.4, 0.5) is 11.5 Å². The van der Waals surface area contributed by atoms with Crippen molar-refractivity contribution in [3.05, 3.63) is 48.7 Å². The Balaban J connectivity index is 0.000000445. The standard InChI is InChI=1S/C21H23N5O4.C5H11N/c1-3-19(27)25-10-8-24(9-11-25)18-14-15(22-21(23-18)29-2)20(28)26-12-13-30-17-7-5-4-6-16(17)26;1-6-4-2-3-5-6/h3-7,14H,1,8-13H2,2H3;2-5H2,1H3. The molecule has 36 heavy (non-hydrogen) atoms. The second kappa shape index (κ2) is 11.9. The number of anilines is 2. The molecule has 0 atom stereocenters. The number of fused-ring (bicyclic) bond motifs is 1. The molecule has 2 amide bonds. The van der Waals surface area contributed by atoms with Gasteiger partial charge in [0.05, 0.1) is 19.3 Å². The predicted octanol–water partition coefficient (Wildman–Crippen LogP) is 2.07. The number of para-hydroxylation sites is 2. The summed E-state index contributed by atoms with van der Waals surface area (Å²) in [5.74, 6) is 0.934. The van der Waals surface area contributed by atoms with Gasteiger partial charge in [-0.2, -0.15) is 9.97 Å². The van der Waals surface area contributed by atoms with E-state index in [9.17, 15) is 9.59 Å². The Labute approximate surface area is 212 Å². The number of piperazine rings is 1. The van der Waals surface area contributed by atoms with Crippen molar-refractivity contribution in [3.8, 4) is 11.8 Å². The van der Waals surface area contributed by atoms with Crippen LogP contribution in [0.1, 0.15) is 23.3 Å². The van der Waals surface area contributed by atoms with Gasteiger partial charge in [0, 0.05) is 32.2 Å². The smallest absolute Gasteiger partial charge is 0.318 e. The molecular weight excluding hydrogens is 460 g/mol. The third-order valence-corrected chi connectivity index (χ3v) is 6.49. The number of carbonyl (C=O) groups is 2. The summed E-state index contributed by atoms with van der Waals surface area (Å²) in [5, 5.41) is 0. The number of amides is 2. The van der Waals surface area contributed by atoms with E-state index < -0.39 is 0 Å². The fraction of sp³-hybridized carbons (Fsp3) is 0.462. The van der Waals surface area contributed by atoms with Crippen molar-refractivity contribution in [2.75, 3.05) is 76.4 Å². The average Bonchev–Trinajstić information content (AvgIpc) is 3.42. The first-order chi connectivity index (χ1) is 17.5. The zero-order chi connectivity index (χ0) is 25.5. The van der Waals surface area contributed by atoms with E-state index in [1.54, 1.807) is 15.9 Å². The Morgan fingerprint density at radius 3 is 2.39 bits per heavy atom.